The van der Waals surface area contributed by atoms with Gasteiger partial charge in [0.25, 0.3) is 0 Å². The first-order valence-electron chi connectivity index (χ1n) is 6.93. The number of hydrogen-bond acceptors (Lipinski definition) is 4. The Balaban J connectivity index is 2.35. The molecule has 2 rings (SSSR count). The van der Waals surface area contributed by atoms with Crippen LogP contribution in [0.2, 0.25) is 0 Å². The van der Waals surface area contributed by atoms with Crippen LogP contribution in [0, 0.1) is 24.2 Å². The molecule has 2 aromatic rings. The van der Waals surface area contributed by atoms with Crippen LogP contribution in [0.15, 0.2) is 24.3 Å². The Morgan fingerprint density at radius 2 is 2.14 bits per heavy atom. The van der Waals surface area contributed by atoms with Crippen molar-refractivity contribution in [1.82, 2.24) is 0 Å². The van der Waals surface area contributed by atoms with E-state index in [-0.39, 0.29) is 0 Å². The van der Waals surface area contributed by atoms with Crippen LogP contribution in [0.4, 0.5) is 0 Å². The van der Waals surface area contributed by atoms with E-state index < -0.39 is 5.97 Å². The number of aryl methyl sites for hydroxylation is 1. The first-order chi connectivity index (χ1) is 10.4. The van der Waals surface area contributed by atoms with E-state index in [1.165, 1.54) is 11.3 Å². The summed E-state index contributed by atoms with van der Waals surface area (Å²) in [6.45, 7) is 6.41. The zero-order chi connectivity index (χ0) is 16.3. The lowest BCUT2D eigenvalue weighted by Crippen LogP contribution is -2.05. The largest absolute Gasteiger partial charge is 0.492 e. The molecule has 0 bridgehead atoms. The molecule has 4 nitrogen and oxygen atoms in total. The van der Waals surface area contributed by atoms with E-state index in [9.17, 15) is 10.1 Å². The summed E-state index contributed by atoms with van der Waals surface area (Å²) in [5, 5.41) is 18.4. The third-order valence-electron chi connectivity index (χ3n) is 3.07. The summed E-state index contributed by atoms with van der Waals surface area (Å²) in [7, 11) is 0. The van der Waals surface area contributed by atoms with Crippen LogP contribution in [0.1, 0.15) is 34.6 Å². The number of carboxylic acids is 1. The van der Waals surface area contributed by atoms with Gasteiger partial charge in [-0.15, -0.1) is 11.3 Å². The van der Waals surface area contributed by atoms with Gasteiger partial charge in [0, 0.05) is 4.88 Å². The second-order valence-electron chi connectivity index (χ2n) is 5.46. The van der Waals surface area contributed by atoms with Crippen LogP contribution in [0.25, 0.3) is 10.4 Å². The number of carboxylic acid groups (broad SMARTS) is 1. The van der Waals surface area contributed by atoms with Gasteiger partial charge < -0.3 is 9.84 Å². The number of benzene rings is 1. The zero-order valence-corrected chi connectivity index (χ0v) is 13.5. The molecule has 0 fully saturated rings. The quantitative estimate of drug-likeness (QED) is 0.891. The molecule has 1 aromatic carbocycles. The van der Waals surface area contributed by atoms with Gasteiger partial charge in [0.15, 0.2) is 0 Å². The molecule has 0 aliphatic rings. The monoisotopic (exact) mass is 315 g/mol. The molecular weight excluding hydrogens is 298 g/mol. The molecule has 0 atom stereocenters. The van der Waals surface area contributed by atoms with Crippen molar-refractivity contribution in [2.75, 3.05) is 6.61 Å². The minimum Gasteiger partial charge on any atom is -0.492 e. The number of ether oxygens (including phenoxy) is 1. The van der Waals surface area contributed by atoms with Crippen molar-refractivity contribution in [3.63, 3.8) is 0 Å². The highest BCUT2D eigenvalue weighted by atomic mass is 32.1. The number of aromatic carboxylic acids is 1. The van der Waals surface area contributed by atoms with E-state index >= 15 is 0 Å². The molecule has 114 valence electrons. The molecule has 1 N–H and O–H groups in total. The normalized spacial score (nSPS) is 10.5. The molecule has 0 amide bonds. The van der Waals surface area contributed by atoms with Crippen LogP contribution in [-0.2, 0) is 0 Å². The molecule has 0 spiro atoms. The van der Waals surface area contributed by atoms with Crippen molar-refractivity contribution < 1.29 is 14.6 Å². The SMILES string of the molecule is Cc1cc(-c2ccc(OCC(C)C)c(C#N)c2)sc1C(=O)O. The van der Waals surface area contributed by atoms with Crippen LogP contribution in [0.3, 0.4) is 0 Å². The molecule has 0 aliphatic carbocycles. The summed E-state index contributed by atoms with van der Waals surface area (Å²) in [5.41, 5.74) is 2.02. The summed E-state index contributed by atoms with van der Waals surface area (Å²) in [6.07, 6.45) is 0. The molecule has 1 aromatic heterocycles. The molecule has 0 radical (unpaired) electrons. The summed E-state index contributed by atoms with van der Waals surface area (Å²) >= 11 is 1.21. The molecule has 22 heavy (non-hydrogen) atoms. The van der Waals surface area contributed by atoms with Crippen molar-refractivity contribution in [2.45, 2.75) is 20.8 Å². The third kappa shape index (κ3) is 3.46. The first-order valence-corrected chi connectivity index (χ1v) is 7.75. The number of nitriles is 1. The van der Waals surface area contributed by atoms with Crippen molar-refractivity contribution in [1.29, 1.82) is 5.26 Å². The smallest absolute Gasteiger partial charge is 0.346 e. The standard InChI is InChI=1S/C17H17NO3S/c1-10(2)9-21-14-5-4-12(7-13(14)8-18)15-6-11(3)16(22-15)17(19)20/h4-7,10H,9H2,1-3H3,(H,19,20). The van der Waals surface area contributed by atoms with E-state index in [2.05, 4.69) is 6.07 Å². The fraction of sp³-hybridized carbons (Fsp3) is 0.294. The van der Waals surface area contributed by atoms with Crippen molar-refractivity contribution in [3.8, 4) is 22.3 Å². The maximum absolute atomic E-state index is 11.1. The van der Waals surface area contributed by atoms with E-state index in [0.717, 1.165) is 16.0 Å². The molecule has 0 saturated heterocycles. The summed E-state index contributed by atoms with van der Waals surface area (Å²) in [4.78, 5) is 12.3. The highest BCUT2D eigenvalue weighted by Crippen LogP contribution is 2.33. The molecule has 0 aliphatic heterocycles. The maximum atomic E-state index is 11.1. The van der Waals surface area contributed by atoms with Crippen LogP contribution in [-0.4, -0.2) is 17.7 Å². The highest BCUT2D eigenvalue weighted by molar-refractivity contribution is 7.17. The second kappa shape index (κ2) is 6.63. The van der Waals surface area contributed by atoms with Gasteiger partial charge in [-0.1, -0.05) is 13.8 Å². The predicted octanol–water partition coefficient (Wildman–Crippen LogP) is 4.33. The van der Waals surface area contributed by atoms with Gasteiger partial charge in [-0.2, -0.15) is 5.26 Å². The van der Waals surface area contributed by atoms with E-state index in [1.54, 1.807) is 19.1 Å². The van der Waals surface area contributed by atoms with Crippen LogP contribution >= 0.6 is 11.3 Å². The Labute approximate surface area is 133 Å². The van der Waals surface area contributed by atoms with Gasteiger partial charge >= 0.3 is 5.97 Å². The lowest BCUT2D eigenvalue weighted by molar-refractivity contribution is 0.0701. The van der Waals surface area contributed by atoms with Gasteiger partial charge in [-0.3, -0.25) is 0 Å². The summed E-state index contributed by atoms with van der Waals surface area (Å²) in [5.74, 6) is 0.0159. The summed E-state index contributed by atoms with van der Waals surface area (Å²) in [6, 6.07) is 9.34. The summed E-state index contributed by atoms with van der Waals surface area (Å²) < 4.78 is 5.63. The minimum absolute atomic E-state index is 0.327. The van der Waals surface area contributed by atoms with Gasteiger partial charge in [-0.05, 0) is 48.2 Å². The van der Waals surface area contributed by atoms with Gasteiger partial charge in [0.1, 0.15) is 16.7 Å². The van der Waals surface area contributed by atoms with E-state index in [1.807, 2.05) is 26.0 Å². The third-order valence-corrected chi connectivity index (χ3v) is 4.34. The average molecular weight is 315 g/mol. The number of nitrogens with zero attached hydrogens (tertiary/aromatic N) is 1. The number of thiophene rings is 1. The van der Waals surface area contributed by atoms with E-state index in [4.69, 9.17) is 9.84 Å². The highest BCUT2D eigenvalue weighted by Gasteiger charge is 2.14. The van der Waals surface area contributed by atoms with Gasteiger partial charge in [0.2, 0.25) is 0 Å². The Bertz CT molecular complexity index is 741. The van der Waals surface area contributed by atoms with Gasteiger partial charge in [-0.25, -0.2) is 4.79 Å². The van der Waals surface area contributed by atoms with E-state index in [0.29, 0.717) is 28.7 Å². The predicted molar refractivity (Wildman–Crippen MR) is 86.5 cm³/mol. The Morgan fingerprint density at radius 3 is 2.68 bits per heavy atom. The van der Waals surface area contributed by atoms with Crippen molar-refractivity contribution >= 4 is 17.3 Å². The topological polar surface area (TPSA) is 70.3 Å². The number of rotatable bonds is 5. The number of carbonyl (C=O) groups is 1. The maximum Gasteiger partial charge on any atom is 0.346 e. The molecule has 5 heteroatoms. The second-order valence-corrected chi connectivity index (χ2v) is 6.51. The molecule has 1 heterocycles. The first kappa shape index (κ1) is 16.1. The minimum atomic E-state index is -0.925. The zero-order valence-electron chi connectivity index (χ0n) is 12.7. The van der Waals surface area contributed by atoms with Crippen LogP contribution < -0.4 is 4.74 Å². The number of hydrogen-bond donors (Lipinski definition) is 1. The Morgan fingerprint density at radius 1 is 1.41 bits per heavy atom. The lowest BCUT2D eigenvalue weighted by Gasteiger charge is -2.10. The van der Waals surface area contributed by atoms with Crippen molar-refractivity contribution in [2.24, 2.45) is 5.92 Å². The van der Waals surface area contributed by atoms with Gasteiger partial charge in [0.05, 0.1) is 12.2 Å². The molecular formula is C17H17NO3S. The Hall–Kier alpha value is -2.32. The van der Waals surface area contributed by atoms with Crippen molar-refractivity contribution in [3.05, 3.63) is 40.3 Å². The lowest BCUT2D eigenvalue weighted by atomic mass is 10.1. The average Bonchev–Trinajstić information content (AvgIpc) is 2.87. The van der Waals surface area contributed by atoms with Crippen LogP contribution in [0.5, 0.6) is 5.75 Å². The molecule has 0 unspecified atom stereocenters. The fourth-order valence-electron chi connectivity index (χ4n) is 1.99. The fourth-order valence-corrected chi connectivity index (χ4v) is 3.00. The Kier molecular flexibility index (Phi) is 4.84. The molecule has 0 saturated carbocycles.